The van der Waals surface area contributed by atoms with Crippen LogP contribution >= 0.6 is 0 Å². The predicted octanol–water partition coefficient (Wildman–Crippen LogP) is 0.186. The largest absolute Gasteiger partial charge is 0.478 e. The van der Waals surface area contributed by atoms with Crippen molar-refractivity contribution in [3.63, 3.8) is 0 Å². The maximum absolute atomic E-state index is 11.5. The number of furan rings is 1. The molecule has 0 spiro atoms. The summed E-state index contributed by atoms with van der Waals surface area (Å²) in [6.07, 6.45) is 1.16. The number of nitrogens with zero attached hydrogens (tertiary/aromatic N) is 1. The van der Waals surface area contributed by atoms with E-state index in [1.807, 2.05) is 0 Å². The number of carbonyl (C=O) groups is 3. The molecule has 0 fully saturated rings. The van der Waals surface area contributed by atoms with E-state index in [0.29, 0.717) is 0 Å². The third kappa shape index (κ3) is 3.62. The molecule has 0 bridgehead atoms. The summed E-state index contributed by atoms with van der Waals surface area (Å²) in [6.45, 7) is 0.166. The van der Waals surface area contributed by atoms with E-state index in [4.69, 9.17) is 9.52 Å². The monoisotopic (exact) mass is 254 g/mol. The molecule has 0 unspecified atom stereocenters. The zero-order chi connectivity index (χ0) is 13.7. The van der Waals surface area contributed by atoms with Crippen LogP contribution in [0.3, 0.4) is 0 Å². The lowest BCUT2D eigenvalue weighted by molar-refractivity contribution is -0.128. The first-order valence-corrected chi connectivity index (χ1v) is 5.22. The first-order valence-electron chi connectivity index (χ1n) is 5.22. The van der Waals surface area contributed by atoms with Gasteiger partial charge in [-0.05, 0) is 0 Å². The molecule has 2 amide bonds. The molecule has 18 heavy (non-hydrogen) atoms. The molecule has 0 aliphatic rings. The van der Waals surface area contributed by atoms with Crippen LogP contribution in [-0.2, 0) is 4.79 Å². The van der Waals surface area contributed by atoms with Gasteiger partial charge in [0, 0.05) is 33.1 Å². The SMILES string of the molecule is CN(C)C(=O)CCNC(=O)c1cc(C(=O)O)co1. The van der Waals surface area contributed by atoms with Crippen LogP contribution in [-0.4, -0.2) is 48.4 Å². The highest BCUT2D eigenvalue weighted by atomic mass is 16.4. The molecule has 0 aliphatic carbocycles. The molecule has 1 aromatic rings. The Morgan fingerprint density at radius 3 is 2.56 bits per heavy atom. The lowest BCUT2D eigenvalue weighted by atomic mass is 10.3. The molecule has 0 saturated heterocycles. The van der Waals surface area contributed by atoms with E-state index in [0.717, 1.165) is 12.3 Å². The van der Waals surface area contributed by atoms with Crippen LogP contribution < -0.4 is 5.32 Å². The number of aromatic carboxylic acids is 1. The van der Waals surface area contributed by atoms with Crippen molar-refractivity contribution in [2.24, 2.45) is 0 Å². The second-order valence-electron chi connectivity index (χ2n) is 3.80. The van der Waals surface area contributed by atoms with Crippen LogP contribution in [0.15, 0.2) is 16.7 Å². The number of rotatable bonds is 5. The van der Waals surface area contributed by atoms with Crippen LogP contribution in [0.25, 0.3) is 0 Å². The van der Waals surface area contributed by atoms with E-state index in [-0.39, 0.29) is 30.2 Å². The van der Waals surface area contributed by atoms with Crippen molar-refractivity contribution in [1.82, 2.24) is 10.2 Å². The van der Waals surface area contributed by atoms with E-state index < -0.39 is 11.9 Å². The highest BCUT2D eigenvalue weighted by molar-refractivity contribution is 5.95. The van der Waals surface area contributed by atoms with Crippen molar-refractivity contribution in [2.75, 3.05) is 20.6 Å². The van der Waals surface area contributed by atoms with Gasteiger partial charge in [-0.3, -0.25) is 9.59 Å². The number of hydrogen-bond donors (Lipinski definition) is 2. The number of hydrogen-bond acceptors (Lipinski definition) is 4. The Kier molecular flexibility index (Phi) is 4.47. The van der Waals surface area contributed by atoms with E-state index in [1.54, 1.807) is 14.1 Å². The fourth-order valence-corrected chi connectivity index (χ4v) is 1.16. The fourth-order valence-electron chi connectivity index (χ4n) is 1.16. The zero-order valence-corrected chi connectivity index (χ0v) is 10.1. The Balaban J connectivity index is 2.45. The molecule has 1 heterocycles. The van der Waals surface area contributed by atoms with E-state index >= 15 is 0 Å². The summed E-state index contributed by atoms with van der Waals surface area (Å²) in [6, 6.07) is 1.13. The quantitative estimate of drug-likeness (QED) is 0.781. The summed E-state index contributed by atoms with van der Waals surface area (Å²) in [7, 11) is 3.24. The Hall–Kier alpha value is -2.31. The number of amides is 2. The smallest absolute Gasteiger partial charge is 0.338 e. The van der Waals surface area contributed by atoms with Crippen LogP contribution in [0.2, 0.25) is 0 Å². The molecule has 7 nitrogen and oxygen atoms in total. The molecule has 1 rings (SSSR count). The molecule has 0 aromatic carbocycles. The maximum atomic E-state index is 11.5. The molecule has 2 N–H and O–H groups in total. The van der Waals surface area contributed by atoms with Gasteiger partial charge in [-0.1, -0.05) is 0 Å². The van der Waals surface area contributed by atoms with Crippen molar-refractivity contribution in [3.05, 3.63) is 23.7 Å². The average Bonchev–Trinajstić information content (AvgIpc) is 2.77. The first-order chi connectivity index (χ1) is 8.41. The first kappa shape index (κ1) is 13.8. The summed E-state index contributed by atoms with van der Waals surface area (Å²) in [5, 5.41) is 11.1. The Morgan fingerprint density at radius 2 is 2.06 bits per heavy atom. The van der Waals surface area contributed by atoms with Gasteiger partial charge in [-0.15, -0.1) is 0 Å². The van der Waals surface area contributed by atoms with E-state index in [1.165, 1.54) is 4.90 Å². The van der Waals surface area contributed by atoms with E-state index in [9.17, 15) is 14.4 Å². The van der Waals surface area contributed by atoms with Gasteiger partial charge in [0.2, 0.25) is 5.91 Å². The number of nitrogens with one attached hydrogen (secondary N) is 1. The summed E-state index contributed by atoms with van der Waals surface area (Å²) >= 11 is 0. The van der Waals surface area contributed by atoms with Crippen LogP contribution in [0, 0.1) is 0 Å². The number of carboxylic acids is 1. The minimum Gasteiger partial charge on any atom is -0.478 e. The minimum atomic E-state index is -1.17. The zero-order valence-electron chi connectivity index (χ0n) is 10.1. The van der Waals surface area contributed by atoms with Crippen LogP contribution in [0.4, 0.5) is 0 Å². The highest BCUT2D eigenvalue weighted by Gasteiger charge is 2.14. The second-order valence-corrected chi connectivity index (χ2v) is 3.80. The minimum absolute atomic E-state index is 0.0929. The Bertz CT molecular complexity index is 464. The Morgan fingerprint density at radius 1 is 1.39 bits per heavy atom. The standard InChI is InChI=1S/C11H14N2O5/c1-13(2)9(14)3-4-12-10(15)8-5-7(6-18-8)11(16)17/h5-6H,3-4H2,1-2H3,(H,12,15)(H,16,17). The average molecular weight is 254 g/mol. The summed E-state index contributed by atoms with van der Waals surface area (Å²) < 4.78 is 4.80. The molecule has 1 aromatic heterocycles. The lowest BCUT2D eigenvalue weighted by Gasteiger charge is -2.09. The number of carbonyl (C=O) groups excluding carboxylic acids is 2. The normalized spacial score (nSPS) is 9.89. The van der Waals surface area contributed by atoms with Crippen LogP contribution in [0.5, 0.6) is 0 Å². The van der Waals surface area contributed by atoms with Crippen molar-refractivity contribution in [1.29, 1.82) is 0 Å². The summed E-state index contributed by atoms with van der Waals surface area (Å²) in [5.41, 5.74) is -0.0930. The van der Waals surface area contributed by atoms with Gasteiger partial charge < -0.3 is 19.7 Å². The number of carboxylic acid groups (broad SMARTS) is 1. The van der Waals surface area contributed by atoms with Gasteiger partial charge in [-0.2, -0.15) is 0 Å². The third-order valence-corrected chi connectivity index (χ3v) is 2.19. The Labute approximate surface area is 103 Å². The second kappa shape index (κ2) is 5.85. The molecule has 0 aliphatic heterocycles. The van der Waals surface area contributed by atoms with Crippen molar-refractivity contribution < 1.29 is 23.9 Å². The van der Waals surface area contributed by atoms with Gasteiger partial charge in [0.15, 0.2) is 5.76 Å². The van der Waals surface area contributed by atoms with Gasteiger partial charge in [0.1, 0.15) is 6.26 Å². The predicted molar refractivity (Wildman–Crippen MR) is 61.3 cm³/mol. The molecule has 7 heteroatoms. The highest BCUT2D eigenvalue weighted by Crippen LogP contribution is 2.07. The maximum Gasteiger partial charge on any atom is 0.338 e. The molecule has 98 valence electrons. The lowest BCUT2D eigenvalue weighted by Crippen LogP contribution is -2.29. The van der Waals surface area contributed by atoms with Crippen molar-refractivity contribution in [2.45, 2.75) is 6.42 Å². The van der Waals surface area contributed by atoms with Crippen molar-refractivity contribution >= 4 is 17.8 Å². The van der Waals surface area contributed by atoms with E-state index in [2.05, 4.69) is 5.32 Å². The summed E-state index contributed by atoms with van der Waals surface area (Å²) in [4.78, 5) is 34.7. The molecular formula is C11H14N2O5. The summed E-state index contributed by atoms with van der Waals surface area (Å²) in [5.74, 6) is -1.92. The molecular weight excluding hydrogens is 240 g/mol. The molecule has 0 atom stereocenters. The fraction of sp³-hybridized carbons (Fsp3) is 0.364. The van der Waals surface area contributed by atoms with Gasteiger partial charge >= 0.3 is 5.97 Å². The van der Waals surface area contributed by atoms with Crippen LogP contribution in [0.1, 0.15) is 27.3 Å². The topological polar surface area (TPSA) is 99.9 Å². The third-order valence-electron chi connectivity index (χ3n) is 2.19. The van der Waals surface area contributed by atoms with Gasteiger partial charge in [0.25, 0.3) is 5.91 Å². The van der Waals surface area contributed by atoms with Gasteiger partial charge in [-0.25, -0.2) is 4.79 Å². The van der Waals surface area contributed by atoms with Crippen molar-refractivity contribution in [3.8, 4) is 0 Å². The molecule has 0 radical (unpaired) electrons. The van der Waals surface area contributed by atoms with Gasteiger partial charge in [0.05, 0.1) is 5.56 Å². The molecule has 0 saturated carbocycles.